The minimum Gasteiger partial charge on any atom is -0.312 e. The lowest BCUT2D eigenvalue weighted by molar-refractivity contribution is 0.156. The molecule has 1 heterocycles. The molecule has 1 rings (SSSR count). The minimum atomic E-state index is 0.675. The lowest BCUT2D eigenvalue weighted by Crippen LogP contribution is -2.45. The van der Waals surface area contributed by atoms with Crippen molar-refractivity contribution in [1.82, 2.24) is 10.2 Å². The summed E-state index contributed by atoms with van der Waals surface area (Å²) < 4.78 is 0. The fourth-order valence-corrected chi connectivity index (χ4v) is 2.22. The van der Waals surface area contributed by atoms with Crippen LogP contribution in [-0.2, 0) is 0 Å². The molecule has 90 valence electrons. The minimum absolute atomic E-state index is 0.675. The number of nitrogens with one attached hydrogen (secondary N) is 1. The smallest absolute Gasteiger partial charge is 0.0218 e. The Morgan fingerprint density at radius 3 is 2.33 bits per heavy atom. The first kappa shape index (κ1) is 13.0. The third-order valence-corrected chi connectivity index (χ3v) is 3.81. The van der Waals surface area contributed by atoms with Gasteiger partial charge in [-0.05, 0) is 38.3 Å². The van der Waals surface area contributed by atoms with Gasteiger partial charge in [0.25, 0.3) is 0 Å². The normalized spacial score (nSPS) is 27.0. The molecule has 1 aliphatic rings. The molecule has 2 unspecified atom stereocenters. The van der Waals surface area contributed by atoms with E-state index in [0.29, 0.717) is 12.1 Å². The maximum Gasteiger partial charge on any atom is 0.0218 e. The van der Waals surface area contributed by atoms with Gasteiger partial charge in [0.2, 0.25) is 0 Å². The van der Waals surface area contributed by atoms with Crippen LogP contribution in [0.5, 0.6) is 0 Å². The fourth-order valence-electron chi connectivity index (χ4n) is 2.22. The van der Waals surface area contributed by atoms with Crippen molar-refractivity contribution in [3.8, 4) is 0 Å². The second kappa shape index (κ2) is 5.86. The lowest BCUT2D eigenvalue weighted by atomic mass is 10.0. The van der Waals surface area contributed by atoms with Crippen molar-refractivity contribution in [2.24, 2.45) is 11.8 Å². The van der Waals surface area contributed by atoms with Gasteiger partial charge >= 0.3 is 0 Å². The zero-order chi connectivity index (χ0) is 11.4. The first-order chi connectivity index (χ1) is 7.02. The maximum atomic E-state index is 3.66. The van der Waals surface area contributed by atoms with Crippen molar-refractivity contribution < 1.29 is 0 Å². The SMILES string of the molecule is CC(C)C1CN(C(C)C(C)C)CCCN1. The van der Waals surface area contributed by atoms with E-state index in [0.717, 1.165) is 11.8 Å². The molecule has 1 fully saturated rings. The molecule has 1 N–H and O–H groups in total. The Morgan fingerprint density at radius 1 is 1.13 bits per heavy atom. The predicted molar refractivity (Wildman–Crippen MR) is 67.1 cm³/mol. The molecule has 0 aromatic carbocycles. The Bertz CT molecular complexity index is 177. The second-order valence-corrected chi connectivity index (χ2v) is 5.64. The van der Waals surface area contributed by atoms with E-state index in [1.165, 1.54) is 26.1 Å². The van der Waals surface area contributed by atoms with Crippen LogP contribution in [0.15, 0.2) is 0 Å². The molecule has 0 aliphatic carbocycles. The van der Waals surface area contributed by atoms with Gasteiger partial charge in [-0.15, -0.1) is 0 Å². The summed E-state index contributed by atoms with van der Waals surface area (Å²) in [4.78, 5) is 2.66. The molecule has 0 radical (unpaired) electrons. The van der Waals surface area contributed by atoms with E-state index in [1.807, 2.05) is 0 Å². The van der Waals surface area contributed by atoms with Gasteiger partial charge in [0.1, 0.15) is 0 Å². The van der Waals surface area contributed by atoms with E-state index in [4.69, 9.17) is 0 Å². The van der Waals surface area contributed by atoms with Crippen LogP contribution in [0.2, 0.25) is 0 Å². The highest BCUT2D eigenvalue weighted by molar-refractivity contribution is 4.82. The number of hydrogen-bond donors (Lipinski definition) is 1. The Hall–Kier alpha value is -0.0800. The molecular formula is C13H28N2. The molecular weight excluding hydrogens is 184 g/mol. The van der Waals surface area contributed by atoms with Gasteiger partial charge in [-0.25, -0.2) is 0 Å². The summed E-state index contributed by atoms with van der Waals surface area (Å²) in [5.74, 6) is 1.50. The summed E-state index contributed by atoms with van der Waals surface area (Å²) in [5.41, 5.74) is 0. The van der Waals surface area contributed by atoms with Crippen molar-refractivity contribution >= 4 is 0 Å². The van der Waals surface area contributed by atoms with Crippen molar-refractivity contribution in [2.75, 3.05) is 19.6 Å². The van der Waals surface area contributed by atoms with Crippen molar-refractivity contribution in [2.45, 2.75) is 53.1 Å². The highest BCUT2D eigenvalue weighted by Gasteiger charge is 2.24. The molecule has 15 heavy (non-hydrogen) atoms. The summed E-state index contributed by atoms with van der Waals surface area (Å²) in [6, 6.07) is 1.39. The highest BCUT2D eigenvalue weighted by Crippen LogP contribution is 2.15. The van der Waals surface area contributed by atoms with Gasteiger partial charge in [-0.1, -0.05) is 27.7 Å². The Morgan fingerprint density at radius 2 is 1.80 bits per heavy atom. The van der Waals surface area contributed by atoms with Gasteiger partial charge in [0.15, 0.2) is 0 Å². The first-order valence-electron chi connectivity index (χ1n) is 6.49. The maximum absolute atomic E-state index is 3.66. The largest absolute Gasteiger partial charge is 0.312 e. The second-order valence-electron chi connectivity index (χ2n) is 5.64. The summed E-state index contributed by atoms with van der Waals surface area (Å²) in [6.45, 7) is 15.3. The average Bonchev–Trinajstić information content (AvgIpc) is 2.41. The van der Waals surface area contributed by atoms with E-state index in [9.17, 15) is 0 Å². The van der Waals surface area contributed by atoms with E-state index >= 15 is 0 Å². The van der Waals surface area contributed by atoms with E-state index in [1.54, 1.807) is 0 Å². The van der Waals surface area contributed by atoms with Gasteiger partial charge < -0.3 is 5.32 Å². The van der Waals surface area contributed by atoms with Crippen molar-refractivity contribution in [1.29, 1.82) is 0 Å². The first-order valence-corrected chi connectivity index (χ1v) is 6.49. The summed E-state index contributed by atoms with van der Waals surface area (Å²) >= 11 is 0. The van der Waals surface area contributed by atoms with Crippen LogP contribution in [0.1, 0.15) is 41.0 Å². The Kier molecular flexibility index (Phi) is 5.07. The molecule has 1 aliphatic heterocycles. The molecule has 0 bridgehead atoms. The molecule has 0 amide bonds. The summed E-state index contributed by atoms with van der Waals surface area (Å²) in [6.07, 6.45) is 1.29. The molecule has 0 aromatic heterocycles. The Balaban J connectivity index is 2.56. The van der Waals surface area contributed by atoms with Crippen LogP contribution >= 0.6 is 0 Å². The number of rotatable bonds is 3. The van der Waals surface area contributed by atoms with Crippen molar-refractivity contribution in [3.05, 3.63) is 0 Å². The van der Waals surface area contributed by atoms with E-state index in [-0.39, 0.29) is 0 Å². The average molecular weight is 212 g/mol. The molecule has 0 spiro atoms. The van der Waals surface area contributed by atoms with E-state index in [2.05, 4.69) is 44.8 Å². The third kappa shape index (κ3) is 3.76. The standard InChI is InChI=1S/C13H28N2/c1-10(2)12(5)15-8-6-7-14-13(9-15)11(3)4/h10-14H,6-9H2,1-5H3. The van der Waals surface area contributed by atoms with Gasteiger partial charge in [0.05, 0.1) is 0 Å². The summed E-state index contributed by atoms with van der Waals surface area (Å²) in [7, 11) is 0. The fraction of sp³-hybridized carbons (Fsp3) is 1.00. The lowest BCUT2D eigenvalue weighted by Gasteiger charge is -2.33. The van der Waals surface area contributed by atoms with Crippen LogP contribution in [0.25, 0.3) is 0 Å². The van der Waals surface area contributed by atoms with Crippen molar-refractivity contribution in [3.63, 3.8) is 0 Å². The number of nitrogens with zero attached hydrogens (tertiary/aromatic N) is 1. The topological polar surface area (TPSA) is 15.3 Å². The third-order valence-electron chi connectivity index (χ3n) is 3.81. The molecule has 2 atom stereocenters. The molecule has 0 aromatic rings. The van der Waals surface area contributed by atoms with Crippen LogP contribution in [-0.4, -0.2) is 36.6 Å². The molecule has 2 nitrogen and oxygen atoms in total. The van der Waals surface area contributed by atoms with Gasteiger partial charge in [-0.2, -0.15) is 0 Å². The molecule has 1 saturated heterocycles. The van der Waals surface area contributed by atoms with Crippen LogP contribution in [0.3, 0.4) is 0 Å². The molecule has 2 heteroatoms. The quantitative estimate of drug-likeness (QED) is 0.772. The van der Waals surface area contributed by atoms with Gasteiger partial charge in [0, 0.05) is 18.6 Å². The van der Waals surface area contributed by atoms with Crippen LogP contribution in [0, 0.1) is 11.8 Å². The highest BCUT2D eigenvalue weighted by atomic mass is 15.2. The van der Waals surface area contributed by atoms with Crippen LogP contribution < -0.4 is 5.32 Å². The number of hydrogen-bond acceptors (Lipinski definition) is 2. The Labute approximate surface area is 95.4 Å². The zero-order valence-electron chi connectivity index (χ0n) is 11.1. The monoisotopic (exact) mass is 212 g/mol. The van der Waals surface area contributed by atoms with Gasteiger partial charge in [-0.3, -0.25) is 4.90 Å². The van der Waals surface area contributed by atoms with Crippen LogP contribution in [0.4, 0.5) is 0 Å². The summed E-state index contributed by atoms with van der Waals surface area (Å²) in [5, 5.41) is 3.66. The molecule has 0 saturated carbocycles. The zero-order valence-corrected chi connectivity index (χ0v) is 11.1. The van der Waals surface area contributed by atoms with E-state index < -0.39 is 0 Å². The predicted octanol–water partition coefficient (Wildman–Crippen LogP) is 2.35.